The number of esters is 1. The summed E-state index contributed by atoms with van der Waals surface area (Å²) in [6, 6.07) is -0.316. The summed E-state index contributed by atoms with van der Waals surface area (Å²) in [7, 11) is -3.31. The van der Waals surface area contributed by atoms with Crippen molar-refractivity contribution in [2.24, 2.45) is 17.8 Å². The van der Waals surface area contributed by atoms with Crippen molar-refractivity contribution in [1.82, 2.24) is 5.32 Å². The number of amides is 1. The van der Waals surface area contributed by atoms with Crippen molar-refractivity contribution in [3.05, 3.63) is 25.3 Å². The molecule has 0 aromatic heterocycles. The summed E-state index contributed by atoms with van der Waals surface area (Å²) < 4.78 is 30.2. The number of sulfone groups is 1. The summed E-state index contributed by atoms with van der Waals surface area (Å²) >= 11 is 0. The molecule has 0 aromatic rings. The van der Waals surface area contributed by atoms with E-state index in [1.807, 2.05) is 13.0 Å². The van der Waals surface area contributed by atoms with Gasteiger partial charge >= 0.3 is 5.97 Å². The Hall–Kier alpha value is -1.63. The van der Waals surface area contributed by atoms with Crippen molar-refractivity contribution in [2.45, 2.75) is 77.9 Å². The van der Waals surface area contributed by atoms with E-state index in [0.717, 1.165) is 25.7 Å². The van der Waals surface area contributed by atoms with Gasteiger partial charge in [-0.05, 0) is 50.9 Å². The van der Waals surface area contributed by atoms with Crippen molar-refractivity contribution in [1.29, 1.82) is 0 Å². The molecule has 0 aliphatic carbocycles. The third kappa shape index (κ3) is 9.45. The van der Waals surface area contributed by atoms with Gasteiger partial charge in [-0.15, -0.1) is 13.2 Å². The lowest BCUT2D eigenvalue weighted by atomic mass is 9.91. The summed E-state index contributed by atoms with van der Waals surface area (Å²) in [5.41, 5.74) is 0. The third-order valence-electron chi connectivity index (χ3n) is 5.62. The maximum atomic E-state index is 12.8. The van der Waals surface area contributed by atoms with Gasteiger partial charge < -0.3 is 10.1 Å². The summed E-state index contributed by atoms with van der Waals surface area (Å²) in [5.74, 6) is -1.17. The molecule has 5 atom stereocenters. The number of ether oxygens (including phenoxy) is 1. The molecule has 7 heteroatoms. The van der Waals surface area contributed by atoms with E-state index >= 15 is 0 Å². The average molecular weight is 442 g/mol. The summed E-state index contributed by atoms with van der Waals surface area (Å²) in [6.45, 7) is 12.9. The zero-order chi connectivity index (χ0) is 22.7. The van der Waals surface area contributed by atoms with Crippen LogP contribution in [0.2, 0.25) is 0 Å². The van der Waals surface area contributed by atoms with Crippen molar-refractivity contribution >= 4 is 21.7 Å². The Labute approximate surface area is 182 Å². The largest absolute Gasteiger partial charge is 0.460 e. The van der Waals surface area contributed by atoms with E-state index in [4.69, 9.17) is 4.74 Å². The second-order valence-corrected chi connectivity index (χ2v) is 11.0. The standard InChI is InChI=1S/C23H39NO5S/c1-6-8-10-11-13-30(27,28)16-19(5)22(25)24-20(14-17(3)12-9-7-2)21-15-18(4)23(26)29-21/h6-7,17-21H,1-2,8-16H2,3-5H3,(H,24,25)/t17-,18-,19-,20+,21+/m1/s1. The van der Waals surface area contributed by atoms with Crippen LogP contribution in [0.4, 0.5) is 0 Å². The van der Waals surface area contributed by atoms with E-state index in [0.29, 0.717) is 25.2 Å². The normalized spacial score (nSPS) is 22.0. The fraction of sp³-hybridized carbons (Fsp3) is 0.739. The van der Waals surface area contributed by atoms with E-state index in [2.05, 4.69) is 25.4 Å². The second-order valence-electron chi connectivity index (χ2n) is 8.73. The molecule has 0 saturated carbocycles. The Morgan fingerprint density at radius 2 is 1.90 bits per heavy atom. The van der Waals surface area contributed by atoms with Crippen LogP contribution in [0.3, 0.4) is 0 Å². The maximum Gasteiger partial charge on any atom is 0.309 e. The van der Waals surface area contributed by atoms with E-state index in [1.165, 1.54) is 0 Å². The van der Waals surface area contributed by atoms with Crippen LogP contribution in [0.15, 0.2) is 25.3 Å². The van der Waals surface area contributed by atoms with Gasteiger partial charge in [0.25, 0.3) is 0 Å². The lowest BCUT2D eigenvalue weighted by molar-refractivity contribution is -0.145. The number of allylic oxidation sites excluding steroid dienone is 2. The molecule has 1 saturated heterocycles. The lowest BCUT2D eigenvalue weighted by Crippen LogP contribution is -2.47. The second kappa shape index (κ2) is 12.9. The predicted octanol–water partition coefficient (Wildman–Crippen LogP) is 3.82. The summed E-state index contributed by atoms with van der Waals surface area (Å²) in [5, 5.41) is 2.99. The number of rotatable bonds is 15. The number of cyclic esters (lactones) is 1. The van der Waals surface area contributed by atoms with Crippen LogP contribution < -0.4 is 5.32 Å². The Balaban J connectivity index is 2.71. The molecule has 1 aliphatic heterocycles. The van der Waals surface area contributed by atoms with E-state index in [1.54, 1.807) is 13.0 Å². The Morgan fingerprint density at radius 3 is 2.47 bits per heavy atom. The van der Waals surface area contributed by atoms with Crippen LogP contribution in [-0.4, -0.2) is 43.9 Å². The first kappa shape index (κ1) is 26.4. The molecule has 30 heavy (non-hydrogen) atoms. The van der Waals surface area contributed by atoms with Gasteiger partial charge in [0.1, 0.15) is 6.10 Å². The minimum atomic E-state index is -3.31. The molecule has 0 aromatic carbocycles. The molecule has 1 rings (SSSR count). The Kier molecular flexibility index (Phi) is 11.4. The molecule has 1 N–H and O–H groups in total. The van der Waals surface area contributed by atoms with Crippen LogP contribution in [0.25, 0.3) is 0 Å². The monoisotopic (exact) mass is 441 g/mol. The molecule has 1 fully saturated rings. The van der Waals surface area contributed by atoms with Crippen molar-refractivity contribution in [2.75, 3.05) is 11.5 Å². The average Bonchev–Trinajstić information content (AvgIpc) is 3.01. The van der Waals surface area contributed by atoms with Gasteiger partial charge in [0.05, 0.1) is 23.5 Å². The number of nitrogens with one attached hydrogen (secondary N) is 1. The van der Waals surface area contributed by atoms with Gasteiger partial charge in [-0.1, -0.05) is 32.9 Å². The van der Waals surface area contributed by atoms with Gasteiger partial charge in [-0.3, -0.25) is 9.59 Å². The topological polar surface area (TPSA) is 89.5 Å². The first-order valence-corrected chi connectivity index (χ1v) is 12.8. The number of unbranched alkanes of at least 4 members (excludes halogenated alkanes) is 2. The smallest absolute Gasteiger partial charge is 0.309 e. The molecule has 0 unspecified atom stereocenters. The van der Waals surface area contributed by atoms with Crippen LogP contribution >= 0.6 is 0 Å². The van der Waals surface area contributed by atoms with Crippen molar-refractivity contribution in [3.8, 4) is 0 Å². The fourth-order valence-corrected chi connectivity index (χ4v) is 5.46. The van der Waals surface area contributed by atoms with Crippen LogP contribution in [0.5, 0.6) is 0 Å². The Morgan fingerprint density at radius 1 is 1.23 bits per heavy atom. The van der Waals surface area contributed by atoms with Crippen LogP contribution in [-0.2, 0) is 24.2 Å². The summed E-state index contributed by atoms with van der Waals surface area (Å²) in [4.78, 5) is 24.6. The first-order chi connectivity index (χ1) is 14.1. The molecule has 1 amide bonds. The van der Waals surface area contributed by atoms with E-state index in [9.17, 15) is 18.0 Å². The first-order valence-electron chi connectivity index (χ1n) is 11.0. The van der Waals surface area contributed by atoms with E-state index in [-0.39, 0.29) is 41.4 Å². The maximum absolute atomic E-state index is 12.8. The number of hydrogen-bond donors (Lipinski definition) is 1. The van der Waals surface area contributed by atoms with Gasteiger partial charge in [0, 0.05) is 5.92 Å². The molecule has 0 bridgehead atoms. The SMILES string of the molecule is C=CCCCCS(=O)(=O)C[C@@H](C)C(=O)N[C@@H](C[C@H](C)CCC=C)[C@@H]1C[C@@H](C)C(=O)O1. The number of carbonyl (C=O) groups excluding carboxylic acids is 2. The highest BCUT2D eigenvalue weighted by atomic mass is 32.2. The van der Waals surface area contributed by atoms with Crippen molar-refractivity contribution in [3.63, 3.8) is 0 Å². The molecule has 1 heterocycles. The zero-order valence-corrected chi connectivity index (χ0v) is 19.6. The highest BCUT2D eigenvalue weighted by Crippen LogP contribution is 2.27. The fourth-order valence-electron chi connectivity index (χ4n) is 3.74. The third-order valence-corrected chi connectivity index (χ3v) is 7.54. The minimum absolute atomic E-state index is 0.0816. The van der Waals surface area contributed by atoms with Gasteiger partial charge in [-0.2, -0.15) is 0 Å². The van der Waals surface area contributed by atoms with Crippen LogP contribution in [0.1, 0.15) is 65.7 Å². The van der Waals surface area contributed by atoms with Gasteiger partial charge in [0.15, 0.2) is 9.84 Å². The lowest BCUT2D eigenvalue weighted by Gasteiger charge is -2.27. The number of hydrogen-bond acceptors (Lipinski definition) is 5. The quantitative estimate of drug-likeness (QED) is 0.237. The Bertz CT molecular complexity index is 688. The molecule has 0 spiro atoms. The zero-order valence-electron chi connectivity index (χ0n) is 18.8. The van der Waals surface area contributed by atoms with E-state index < -0.39 is 15.8 Å². The molecule has 1 aliphatic rings. The van der Waals surface area contributed by atoms with Crippen LogP contribution in [0, 0.1) is 17.8 Å². The van der Waals surface area contributed by atoms with Gasteiger partial charge in [-0.25, -0.2) is 8.42 Å². The highest BCUT2D eigenvalue weighted by Gasteiger charge is 2.38. The summed E-state index contributed by atoms with van der Waals surface area (Å²) in [6.07, 6.45) is 8.45. The molecular formula is C23H39NO5S. The number of carbonyl (C=O) groups is 2. The minimum Gasteiger partial charge on any atom is -0.460 e. The molecular weight excluding hydrogens is 402 g/mol. The molecule has 6 nitrogen and oxygen atoms in total. The highest BCUT2D eigenvalue weighted by molar-refractivity contribution is 7.91. The van der Waals surface area contributed by atoms with Crippen molar-refractivity contribution < 1.29 is 22.7 Å². The predicted molar refractivity (Wildman–Crippen MR) is 121 cm³/mol. The molecule has 172 valence electrons. The van der Waals surface area contributed by atoms with Gasteiger partial charge in [0.2, 0.25) is 5.91 Å². The molecule has 0 radical (unpaired) electrons.